The van der Waals surface area contributed by atoms with E-state index in [9.17, 15) is 0 Å². The minimum Gasteiger partial charge on any atom is -0.360 e. The quantitative estimate of drug-likeness (QED) is 0.903. The van der Waals surface area contributed by atoms with E-state index in [1.807, 2.05) is 37.3 Å². The van der Waals surface area contributed by atoms with Crippen LogP contribution in [0.25, 0.3) is 0 Å². The molecule has 0 saturated heterocycles. The molecule has 0 saturated carbocycles. The van der Waals surface area contributed by atoms with Crippen LogP contribution in [0.15, 0.2) is 34.9 Å². The number of aryl methyl sites for hydroxylation is 1. The molecule has 1 aromatic heterocycles. The van der Waals surface area contributed by atoms with Crippen molar-refractivity contribution in [2.75, 3.05) is 0 Å². The molecule has 0 aliphatic carbocycles. The van der Waals surface area contributed by atoms with Crippen molar-refractivity contribution in [3.05, 3.63) is 52.4 Å². The maximum absolute atomic E-state index is 5.85. The molecule has 0 aliphatic rings. The Morgan fingerprint density at radius 2 is 2.06 bits per heavy atom. The maximum Gasteiger partial charge on any atom is 0.150 e. The number of aromatic nitrogens is 1. The monoisotopic (exact) mass is 250 g/mol. The zero-order valence-electron chi connectivity index (χ0n) is 9.90. The van der Waals surface area contributed by atoms with E-state index in [-0.39, 0.29) is 6.04 Å². The second-order valence-corrected chi connectivity index (χ2v) is 4.53. The zero-order chi connectivity index (χ0) is 12.3. The van der Waals surface area contributed by atoms with Gasteiger partial charge in [-0.25, -0.2) is 0 Å². The van der Waals surface area contributed by atoms with E-state index in [1.165, 1.54) is 5.56 Å². The van der Waals surface area contributed by atoms with Gasteiger partial charge in [0.15, 0.2) is 5.76 Å². The normalized spacial score (nSPS) is 12.6. The Kier molecular flexibility index (Phi) is 3.82. The van der Waals surface area contributed by atoms with Crippen LogP contribution in [-0.2, 0) is 6.54 Å². The Labute approximate surface area is 106 Å². The van der Waals surface area contributed by atoms with E-state index >= 15 is 0 Å². The van der Waals surface area contributed by atoms with Crippen molar-refractivity contribution >= 4 is 11.6 Å². The number of nitrogens with zero attached hydrogens (tertiary/aromatic N) is 1. The number of hydrogen-bond donors (Lipinski definition) is 1. The molecule has 4 heteroatoms. The van der Waals surface area contributed by atoms with E-state index in [2.05, 4.69) is 17.4 Å². The van der Waals surface area contributed by atoms with E-state index in [1.54, 1.807) is 0 Å². The third-order valence-corrected chi connectivity index (χ3v) is 2.88. The van der Waals surface area contributed by atoms with E-state index in [4.69, 9.17) is 16.1 Å². The Balaban J connectivity index is 1.93. The fourth-order valence-electron chi connectivity index (χ4n) is 1.62. The molecule has 0 amide bonds. The first-order chi connectivity index (χ1) is 8.15. The first-order valence-electron chi connectivity index (χ1n) is 5.56. The summed E-state index contributed by atoms with van der Waals surface area (Å²) in [5.74, 6) is 0.850. The summed E-state index contributed by atoms with van der Waals surface area (Å²) in [7, 11) is 0. The highest BCUT2D eigenvalue weighted by atomic mass is 35.5. The summed E-state index contributed by atoms with van der Waals surface area (Å²) in [4.78, 5) is 0. The van der Waals surface area contributed by atoms with Crippen molar-refractivity contribution in [2.24, 2.45) is 0 Å². The first-order valence-corrected chi connectivity index (χ1v) is 5.94. The van der Waals surface area contributed by atoms with Gasteiger partial charge in [0.2, 0.25) is 0 Å². The summed E-state index contributed by atoms with van der Waals surface area (Å²) in [5, 5.41) is 7.97. The summed E-state index contributed by atoms with van der Waals surface area (Å²) in [6.45, 7) is 4.69. The fraction of sp³-hybridized carbons (Fsp3) is 0.308. The Hall–Kier alpha value is -1.32. The third-order valence-electron chi connectivity index (χ3n) is 2.63. The molecule has 2 aromatic rings. The smallest absolute Gasteiger partial charge is 0.150 e. The van der Waals surface area contributed by atoms with Gasteiger partial charge in [0.25, 0.3) is 0 Å². The number of rotatable bonds is 4. The second-order valence-electron chi connectivity index (χ2n) is 4.09. The van der Waals surface area contributed by atoms with Gasteiger partial charge in [-0.15, -0.1) is 0 Å². The van der Waals surface area contributed by atoms with Crippen molar-refractivity contribution in [1.29, 1.82) is 0 Å². The van der Waals surface area contributed by atoms with Crippen molar-refractivity contribution in [3.8, 4) is 0 Å². The summed E-state index contributed by atoms with van der Waals surface area (Å²) in [5.41, 5.74) is 2.10. The molecule has 17 heavy (non-hydrogen) atoms. The molecule has 0 fully saturated rings. The molecule has 0 spiro atoms. The summed E-state index contributed by atoms with van der Waals surface area (Å²) < 4.78 is 5.14. The highest BCUT2D eigenvalue weighted by molar-refractivity contribution is 6.30. The lowest BCUT2D eigenvalue weighted by atomic mass is 10.1. The third kappa shape index (κ3) is 3.32. The van der Waals surface area contributed by atoms with Crippen LogP contribution in [0.4, 0.5) is 0 Å². The van der Waals surface area contributed by atoms with Crippen LogP contribution in [0.2, 0.25) is 5.02 Å². The summed E-state index contributed by atoms with van der Waals surface area (Å²) in [6.07, 6.45) is 0. The van der Waals surface area contributed by atoms with Gasteiger partial charge < -0.3 is 9.84 Å². The lowest BCUT2D eigenvalue weighted by molar-refractivity contribution is 0.363. The van der Waals surface area contributed by atoms with E-state index in [0.717, 1.165) is 16.5 Å². The molecule has 2 rings (SSSR count). The number of hydrogen-bond acceptors (Lipinski definition) is 3. The minimum atomic E-state index is 0.248. The van der Waals surface area contributed by atoms with Crippen LogP contribution >= 0.6 is 11.6 Å². The van der Waals surface area contributed by atoms with Crippen LogP contribution in [-0.4, -0.2) is 5.16 Å². The first kappa shape index (κ1) is 12.1. The number of nitrogens with one attached hydrogen (secondary N) is 1. The second kappa shape index (κ2) is 5.34. The van der Waals surface area contributed by atoms with Gasteiger partial charge in [0.05, 0.1) is 12.2 Å². The van der Waals surface area contributed by atoms with Gasteiger partial charge in [0, 0.05) is 17.1 Å². The van der Waals surface area contributed by atoms with Gasteiger partial charge in [-0.05, 0) is 31.5 Å². The predicted molar refractivity (Wildman–Crippen MR) is 67.9 cm³/mol. The number of benzene rings is 1. The van der Waals surface area contributed by atoms with Gasteiger partial charge >= 0.3 is 0 Å². The number of halogens is 1. The van der Waals surface area contributed by atoms with E-state index < -0.39 is 0 Å². The molecule has 0 bridgehead atoms. The lowest BCUT2D eigenvalue weighted by Crippen LogP contribution is -2.17. The van der Waals surface area contributed by atoms with Crippen LogP contribution in [0.3, 0.4) is 0 Å². The van der Waals surface area contributed by atoms with Crippen molar-refractivity contribution in [2.45, 2.75) is 26.4 Å². The molecular weight excluding hydrogens is 236 g/mol. The van der Waals surface area contributed by atoms with Crippen molar-refractivity contribution in [3.63, 3.8) is 0 Å². The molecule has 1 N–H and O–H groups in total. The minimum absolute atomic E-state index is 0.248. The van der Waals surface area contributed by atoms with Gasteiger partial charge in [-0.3, -0.25) is 0 Å². The van der Waals surface area contributed by atoms with E-state index in [0.29, 0.717) is 6.54 Å². The topological polar surface area (TPSA) is 38.1 Å². The van der Waals surface area contributed by atoms with Gasteiger partial charge in [-0.1, -0.05) is 28.9 Å². The highest BCUT2D eigenvalue weighted by Crippen LogP contribution is 2.16. The molecule has 0 radical (unpaired) electrons. The average Bonchev–Trinajstić information content (AvgIpc) is 2.73. The zero-order valence-corrected chi connectivity index (χ0v) is 10.7. The molecule has 1 aromatic carbocycles. The highest BCUT2D eigenvalue weighted by Gasteiger charge is 2.06. The molecule has 1 unspecified atom stereocenters. The molecule has 90 valence electrons. The Morgan fingerprint density at radius 1 is 1.35 bits per heavy atom. The molecule has 3 nitrogen and oxygen atoms in total. The van der Waals surface area contributed by atoms with Crippen molar-refractivity contribution < 1.29 is 4.52 Å². The summed E-state index contributed by atoms with van der Waals surface area (Å²) in [6, 6.07) is 10.0. The van der Waals surface area contributed by atoms with Crippen LogP contribution in [0.1, 0.15) is 30.0 Å². The average molecular weight is 251 g/mol. The van der Waals surface area contributed by atoms with Gasteiger partial charge in [0.1, 0.15) is 0 Å². The fourth-order valence-corrected chi connectivity index (χ4v) is 1.75. The SMILES string of the molecule is Cc1cc(CNC(C)c2ccc(Cl)cc2)on1. The Bertz CT molecular complexity index is 478. The standard InChI is InChI=1S/C13H15ClN2O/c1-9-7-13(17-16-9)8-15-10(2)11-3-5-12(14)6-4-11/h3-7,10,15H,8H2,1-2H3. The summed E-state index contributed by atoms with van der Waals surface area (Å²) >= 11 is 5.85. The molecule has 1 atom stereocenters. The largest absolute Gasteiger partial charge is 0.360 e. The molecule has 1 heterocycles. The van der Waals surface area contributed by atoms with Crippen LogP contribution in [0.5, 0.6) is 0 Å². The van der Waals surface area contributed by atoms with Gasteiger partial charge in [-0.2, -0.15) is 0 Å². The Morgan fingerprint density at radius 3 is 2.65 bits per heavy atom. The molecular formula is C13H15ClN2O. The van der Waals surface area contributed by atoms with Crippen LogP contribution in [0, 0.1) is 6.92 Å². The van der Waals surface area contributed by atoms with Crippen molar-refractivity contribution in [1.82, 2.24) is 10.5 Å². The lowest BCUT2D eigenvalue weighted by Gasteiger charge is -2.12. The predicted octanol–water partition coefficient (Wildman–Crippen LogP) is 3.49. The maximum atomic E-state index is 5.85. The molecule has 0 aliphatic heterocycles. The van der Waals surface area contributed by atoms with Crippen LogP contribution < -0.4 is 5.32 Å².